The van der Waals surface area contributed by atoms with E-state index in [1.54, 1.807) is 0 Å². The number of nitrogens with one attached hydrogen (secondary N) is 1. The van der Waals surface area contributed by atoms with E-state index in [1.807, 2.05) is 12.4 Å². The van der Waals surface area contributed by atoms with Crippen molar-refractivity contribution in [3.8, 4) is 0 Å². The normalized spacial score (nSPS) is 23.6. The van der Waals surface area contributed by atoms with Crippen molar-refractivity contribution >= 4 is 16.8 Å². The van der Waals surface area contributed by atoms with Crippen LogP contribution in [-0.2, 0) is 0 Å². The van der Waals surface area contributed by atoms with Crippen molar-refractivity contribution in [2.45, 2.75) is 38.5 Å². The third-order valence-electron chi connectivity index (χ3n) is 4.63. The molecule has 0 aliphatic heterocycles. The number of aromatic amines is 1. The molecule has 2 atom stereocenters. The van der Waals surface area contributed by atoms with Crippen LogP contribution in [0.25, 0.3) is 16.8 Å². The fourth-order valence-corrected chi connectivity index (χ4v) is 3.67. The molecule has 4 rings (SSSR count). The summed E-state index contributed by atoms with van der Waals surface area (Å²) < 4.78 is 2.29. The number of hydrogen-bond acceptors (Lipinski definition) is 2. The van der Waals surface area contributed by atoms with Gasteiger partial charge in [0, 0.05) is 24.0 Å². The lowest BCUT2D eigenvalue weighted by Crippen LogP contribution is -2.08. The van der Waals surface area contributed by atoms with Gasteiger partial charge in [-0.3, -0.25) is 4.40 Å². The topological polar surface area (TPSA) is 46.0 Å². The van der Waals surface area contributed by atoms with E-state index < -0.39 is 0 Å². The summed E-state index contributed by atoms with van der Waals surface area (Å²) in [5, 5.41) is 0. The smallest absolute Gasteiger partial charge is 0.156 e. The van der Waals surface area contributed by atoms with Gasteiger partial charge in [-0.1, -0.05) is 19.8 Å². The number of nitrogens with zero attached hydrogens (tertiary/aromatic N) is 3. The first-order chi connectivity index (χ1) is 9.38. The Hall–Kier alpha value is -1.84. The number of rotatable bonds is 2. The summed E-state index contributed by atoms with van der Waals surface area (Å²) in [7, 11) is 0. The van der Waals surface area contributed by atoms with Crippen LogP contribution in [-0.4, -0.2) is 19.4 Å². The summed E-state index contributed by atoms with van der Waals surface area (Å²) in [6.45, 7) is 2.31. The van der Waals surface area contributed by atoms with E-state index in [0.717, 1.165) is 22.7 Å². The SMILES string of the molecule is CC[C@@H]1CCC[C@@H]1c1cnc2cnc3[nH]ccc3n12. The first-order valence-electron chi connectivity index (χ1n) is 7.18. The molecular weight excluding hydrogens is 236 g/mol. The van der Waals surface area contributed by atoms with Gasteiger partial charge >= 0.3 is 0 Å². The van der Waals surface area contributed by atoms with Gasteiger partial charge in [0.25, 0.3) is 0 Å². The lowest BCUT2D eigenvalue weighted by Gasteiger charge is -2.17. The van der Waals surface area contributed by atoms with Crippen LogP contribution in [0.5, 0.6) is 0 Å². The average Bonchev–Trinajstić information content (AvgIpc) is 3.15. The molecule has 3 aromatic rings. The highest BCUT2D eigenvalue weighted by atomic mass is 15.1. The van der Waals surface area contributed by atoms with Crippen LogP contribution in [0.3, 0.4) is 0 Å². The average molecular weight is 254 g/mol. The Morgan fingerprint density at radius 2 is 2.26 bits per heavy atom. The van der Waals surface area contributed by atoms with Crippen molar-refractivity contribution in [1.29, 1.82) is 0 Å². The largest absolute Gasteiger partial charge is 0.345 e. The highest BCUT2D eigenvalue weighted by molar-refractivity contribution is 5.74. The molecule has 0 spiro atoms. The van der Waals surface area contributed by atoms with E-state index in [4.69, 9.17) is 0 Å². The molecule has 3 heterocycles. The molecule has 4 heteroatoms. The van der Waals surface area contributed by atoms with E-state index >= 15 is 0 Å². The minimum Gasteiger partial charge on any atom is -0.345 e. The summed E-state index contributed by atoms with van der Waals surface area (Å²) in [6.07, 6.45) is 11.1. The van der Waals surface area contributed by atoms with Crippen molar-refractivity contribution in [3.05, 3.63) is 30.4 Å². The third kappa shape index (κ3) is 1.52. The second-order valence-electron chi connectivity index (χ2n) is 5.55. The van der Waals surface area contributed by atoms with Gasteiger partial charge in [0.05, 0.1) is 11.7 Å². The second kappa shape index (κ2) is 4.08. The molecule has 1 N–H and O–H groups in total. The minimum atomic E-state index is 0.653. The Balaban J connectivity index is 1.96. The van der Waals surface area contributed by atoms with Gasteiger partial charge in [0.1, 0.15) is 0 Å². The highest BCUT2D eigenvalue weighted by Crippen LogP contribution is 2.41. The molecule has 0 bridgehead atoms. The first kappa shape index (κ1) is 11.0. The van der Waals surface area contributed by atoms with Crippen molar-refractivity contribution in [3.63, 3.8) is 0 Å². The van der Waals surface area contributed by atoms with Crippen LogP contribution in [0.1, 0.15) is 44.2 Å². The van der Waals surface area contributed by atoms with Gasteiger partial charge in [0.15, 0.2) is 11.3 Å². The van der Waals surface area contributed by atoms with Crippen LogP contribution in [0.4, 0.5) is 0 Å². The Morgan fingerprint density at radius 3 is 3.16 bits per heavy atom. The standard InChI is InChI=1S/C15H18N4/c1-2-10-4-3-5-11(10)13-8-17-14-9-18-15-12(19(13)14)6-7-16-15/h6-11,16H,2-5H2,1H3/t10-,11+/m1/s1. The monoisotopic (exact) mass is 254 g/mol. The predicted octanol–water partition coefficient (Wildman–Crippen LogP) is 3.50. The minimum absolute atomic E-state index is 0.653. The maximum absolute atomic E-state index is 4.55. The molecule has 1 saturated carbocycles. The molecule has 0 aromatic carbocycles. The number of imidazole rings is 1. The zero-order chi connectivity index (χ0) is 12.8. The highest BCUT2D eigenvalue weighted by Gasteiger charge is 2.29. The Morgan fingerprint density at radius 1 is 1.32 bits per heavy atom. The maximum atomic E-state index is 4.55. The molecule has 1 aliphatic carbocycles. The Bertz CT molecular complexity index is 724. The fourth-order valence-electron chi connectivity index (χ4n) is 3.67. The molecule has 3 aromatic heterocycles. The second-order valence-corrected chi connectivity index (χ2v) is 5.55. The molecule has 98 valence electrons. The summed E-state index contributed by atoms with van der Waals surface area (Å²) >= 11 is 0. The molecule has 1 aliphatic rings. The lowest BCUT2D eigenvalue weighted by molar-refractivity contribution is 0.461. The van der Waals surface area contributed by atoms with Crippen LogP contribution < -0.4 is 0 Å². The van der Waals surface area contributed by atoms with Gasteiger partial charge < -0.3 is 4.98 Å². The number of H-pyrrole nitrogens is 1. The molecule has 0 radical (unpaired) electrons. The van der Waals surface area contributed by atoms with Crippen molar-refractivity contribution < 1.29 is 0 Å². The molecule has 0 amide bonds. The quantitative estimate of drug-likeness (QED) is 0.760. The van der Waals surface area contributed by atoms with Gasteiger partial charge in [0.2, 0.25) is 0 Å². The van der Waals surface area contributed by atoms with Crippen LogP contribution in [0.15, 0.2) is 24.7 Å². The van der Waals surface area contributed by atoms with Gasteiger partial charge in [-0.2, -0.15) is 0 Å². The molecule has 0 unspecified atom stereocenters. The van der Waals surface area contributed by atoms with Gasteiger partial charge in [-0.25, -0.2) is 9.97 Å². The summed E-state index contributed by atoms with van der Waals surface area (Å²) in [5.74, 6) is 1.46. The van der Waals surface area contributed by atoms with Crippen molar-refractivity contribution in [1.82, 2.24) is 19.4 Å². The van der Waals surface area contributed by atoms with Crippen molar-refractivity contribution in [2.75, 3.05) is 0 Å². The zero-order valence-corrected chi connectivity index (χ0v) is 11.1. The fraction of sp³-hybridized carbons (Fsp3) is 0.467. The van der Waals surface area contributed by atoms with Gasteiger partial charge in [-0.15, -0.1) is 0 Å². The molecule has 0 saturated heterocycles. The van der Waals surface area contributed by atoms with E-state index in [0.29, 0.717) is 5.92 Å². The van der Waals surface area contributed by atoms with Crippen LogP contribution in [0, 0.1) is 5.92 Å². The summed E-state index contributed by atoms with van der Waals surface area (Å²) in [6, 6.07) is 2.09. The summed E-state index contributed by atoms with van der Waals surface area (Å²) in [5.41, 5.74) is 4.42. The molecular formula is C15H18N4. The van der Waals surface area contributed by atoms with E-state index in [1.165, 1.54) is 31.4 Å². The third-order valence-corrected chi connectivity index (χ3v) is 4.63. The number of aromatic nitrogens is 4. The summed E-state index contributed by atoms with van der Waals surface area (Å²) in [4.78, 5) is 12.1. The van der Waals surface area contributed by atoms with Crippen molar-refractivity contribution in [2.24, 2.45) is 5.92 Å². The molecule has 1 fully saturated rings. The van der Waals surface area contributed by atoms with Crippen LogP contribution in [0.2, 0.25) is 0 Å². The van der Waals surface area contributed by atoms with Gasteiger partial charge in [-0.05, 0) is 24.8 Å². The molecule has 19 heavy (non-hydrogen) atoms. The number of hydrogen-bond donors (Lipinski definition) is 1. The van der Waals surface area contributed by atoms with E-state index in [2.05, 4.69) is 38.5 Å². The Kier molecular flexibility index (Phi) is 2.37. The van der Waals surface area contributed by atoms with Crippen LogP contribution >= 0.6 is 0 Å². The number of fused-ring (bicyclic) bond motifs is 3. The molecule has 4 nitrogen and oxygen atoms in total. The Labute approximate surface area is 111 Å². The first-order valence-corrected chi connectivity index (χ1v) is 7.18. The van der Waals surface area contributed by atoms with E-state index in [9.17, 15) is 0 Å². The zero-order valence-electron chi connectivity index (χ0n) is 11.1. The van der Waals surface area contributed by atoms with E-state index in [-0.39, 0.29) is 0 Å². The maximum Gasteiger partial charge on any atom is 0.156 e. The lowest BCUT2D eigenvalue weighted by atomic mass is 9.91. The predicted molar refractivity (Wildman–Crippen MR) is 75.2 cm³/mol.